The van der Waals surface area contributed by atoms with Crippen LogP contribution < -0.4 is 5.32 Å². The third kappa shape index (κ3) is 2.40. The molecule has 0 saturated heterocycles. The van der Waals surface area contributed by atoms with Gasteiger partial charge in [0.05, 0.1) is 5.70 Å². The summed E-state index contributed by atoms with van der Waals surface area (Å²) in [6.45, 7) is 7.73. The van der Waals surface area contributed by atoms with Crippen molar-refractivity contribution in [2.24, 2.45) is 0 Å². The number of allylic oxidation sites excluding steroid dienone is 2. The van der Waals surface area contributed by atoms with Crippen molar-refractivity contribution in [1.82, 2.24) is 5.32 Å². The highest BCUT2D eigenvalue weighted by Gasteiger charge is 2.08. The first-order valence-electron chi connectivity index (χ1n) is 4.90. The standard InChI is InChI=1S/C13H17NO/c1-9-7-5-6-8-12(9)10(2)13(15)11(3)14-4/h5-8,14-15H,2H2,1,3-4H3/b13-11+. The predicted octanol–water partition coefficient (Wildman–Crippen LogP) is 3.02. The van der Waals surface area contributed by atoms with Gasteiger partial charge in [-0.2, -0.15) is 0 Å². The van der Waals surface area contributed by atoms with Gasteiger partial charge in [0.2, 0.25) is 0 Å². The largest absolute Gasteiger partial charge is 0.506 e. The molecule has 15 heavy (non-hydrogen) atoms. The molecule has 2 nitrogen and oxygen atoms in total. The molecule has 0 aliphatic heterocycles. The molecule has 0 spiro atoms. The lowest BCUT2D eigenvalue weighted by Crippen LogP contribution is -2.06. The number of nitrogens with one attached hydrogen (secondary N) is 1. The van der Waals surface area contributed by atoms with Crippen LogP contribution >= 0.6 is 0 Å². The van der Waals surface area contributed by atoms with Gasteiger partial charge in [-0.1, -0.05) is 30.8 Å². The van der Waals surface area contributed by atoms with Gasteiger partial charge in [-0.3, -0.25) is 0 Å². The van der Waals surface area contributed by atoms with Gasteiger partial charge in [0.1, 0.15) is 5.76 Å². The van der Waals surface area contributed by atoms with Crippen molar-refractivity contribution >= 4 is 5.57 Å². The first-order valence-corrected chi connectivity index (χ1v) is 4.90. The third-order valence-corrected chi connectivity index (χ3v) is 2.49. The van der Waals surface area contributed by atoms with Crippen molar-refractivity contribution in [2.75, 3.05) is 7.05 Å². The second-order valence-electron chi connectivity index (χ2n) is 3.52. The summed E-state index contributed by atoms with van der Waals surface area (Å²) in [6, 6.07) is 7.87. The molecule has 2 N–H and O–H groups in total. The first kappa shape index (κ1) is 11.4. The molecule has 0 bridgehead atoms. The minimum Gasteiger partial charge on any atom is -0.506 e. The molecular formula is C13H17NO. The monoisotopic (exact) mass is 203 g/mol. The van der Waals surface area contributed by atoms with Crippen molar-refractivity contribution < 1.29 is 5.11 Å². The fraction of sp³-hybridized carbons (Fsp3) is 0.231. The third-order valence-electron chi connectivity index (χ3n) is 2.49. The molecule has 1 aromatic carbocycles. The van der Waals surface area contributed by atoms with Crippen LogP contribution in [0.15, 0.2) is 42.3 Å². The highest BCUT2D eigenvalue weighted by molar-refractivity contribution is 5.77. The maximum absolute atomic E-state index is 9.88. The molecule has 0 aliphatic carbocycles. The normalized spacial score (nSPS) is 11.9. The molecule has 0 heterocycles. The fourth-order valence-electron chi connectivity index (χ4n) is 1.38. The predicted molar refractivity (Wildman–Crippen MR) is 64.6 cm³/mol. The zero-order chi connectivity index (χ0) is 11.4. The topological polar surface area (TPSA) is 32.3 Å². The van der Waals surface area contributed by atoms with Crippen LogP contribution in [0.2, 0.25) is 0 Å². The minimum atomic E-state index is 0.215. The Morgan fingerprint density at radius 1 is 1.33 bits per heavy atom. The lowest BCUT2D eigenvalue weighted by molar-refractivity contribution is 0.426. The van der Waals surface area contributed by atoms with Crippen molar-refractivity contribution in [3.8, 4) is 0 Å². The van der Waals surface area contributed by atoms with E-state index in [4.69, 9.17) is 0 Å². The van der Waals surface area contributed by atoms with Crippen LogP contribution in [0.5, 0.6) is 0 Å². The van der Waals surface area contributed by atoms with Gasteiger partial charge in [0.25, 0.3) is 0 Å². The minimum absolute atomic E-state index is 0.215. The summed E-state index contributed by atoms with van der Waals surface area (Å²) in [7, 11) is 1.77. The summed E-state index contributed by atoms with van der Waals surface area (Å²) in [6.07, 6.45) is 0. The van der Waals surface area contributed by atoms with E-state index in [1.165, 1.54) is 0 Å². The molecule has 0 aliphatic rings. The number of aliphatic hydroxyl groups is 1. The van der Waals surface area contributed by atoms with Gasteiger partial charge in [-0.05, 0) is 25.0 Å². The van der Waals surface area contributed by atoms with Crippen LogP contribution in [0, 0.1) is 6.92 Å². The number of hydrogen-bond acceptors (Lipinski definition) is 2. The molecule has 0 saturated carbocycles. The van der Waals surface area contributed by atoms with E-state index in [0.717, 1.165) is 16.8 Å². The molecule has 0 unspecified atom stereocenters. The Hall–Kier alpha value is -1.70. The molecule has 0 radical (unpaired) electrons. The van der Waals surface area contributed by atoms with E-state index in [2.05, 4.69) is 11.9 Å². The highest BCUT2D eigenvalue weighted by Crippen LogP contribution is 2.23. The number of hydrogen-bond donors (Lipinski definition) is 2. The number of aliphatic hydroxyl groups excluding tert-OH is 1. The van der Waals surface area contributed by atoms with Gasteiger partial charge in [0, 0.05) is 12.6 Å². The van der Waals surface area contributed by atoms with E-state index in [-0.39, 0.29) is 5.76 Å². The Balaban J connectivity index is 3.11. The summed E-state index contributed by atoms with van der Waals surface area (Å²) in [5.41, 5.74) is 3.46. The van der Waals surface area contributed by atoms with Crippen molar-refractivity contribution in [1.29, 1.82) is 0 Å². The van der Waals surface area contributed by atoms with Gasteiger partial charge in [-0.25, -0.2) is 0 Å². The van der Waals surface area contributed by atoms with Crippen molar-refractivity contribution in [3.63, 3.8) is 0 Å². The Kier molecular flexibility index (Phi) is 3.56. The Morgan fingerprint density at radius 2 is 1.93 bits per heavy atom. The second-order valence-corrected chi connectivity index (χ2v) is 3.52. The average Bonchev–Trinajstić information content (AvgIpc) is 2.26. The molecule has 1 rings (SSSR count). The van der Waals surface area contributed by atoms with Gasteiger partial charge in [0.15, 0.2) is 0 Å². The van der Waals surface area contributed by atoms with E-state index in [9.17, 15) is 5.11 Å². The maximum Gasteiger partial charge on any atom is 0.141 e. The van der Waals surface area contributed by atoms with E-state index < -0.39 is 0 Å². The molecule has 0 atom stereocenters. The molecule has 80 valence electrons. The Bertz CT molecular complexity index is 405. The summed E-state index contributed by atoms with van der Waals surface area (Å²) < 4.78 is 0. The van der Waals surface area contributed by atoms with E-state index in [1.54, 1.807) is 7.05 Å². The summed E-state index contributed by atoms with van der Waals surface area (Å²) in [5.74, 6) is 0.215. The summed E-state index contributed by atoms with van der Waals surface area (Å²) >= 11 is 0. The molecule has 1 aromatic rings. The van der Waals surface area contributed by atoms with Gasteiger partial charge in [-0.15, -0.1) is 0 Å². The van der Waals surface area contributed by atoms with Crippen LogP contribution in [0.3, 0.4) is 0 Å². The fourth-order valence-corrected chi connectivity index (χ4v) is 1.38. The lowest BCUT2D eigenvalue weighted by atomic mass is 10.00. The number of rotatable bonds is 3. The Labute approximate surface area is 91.0 Å². The lowest BCUT2D eigenvalue weighted by Gasteiger charge is -2.11. The van der Waals surface area contributed by atoms with Crippen LogP contribution in [0.4, 0.5) is 0 Å². The van der Waals surface area contributed by atoms with Crippen LogP contribution in [-0.4, -0.2) is 12.2 Å². The van der Waals surface area contributed by atoms with Crippen molar-refractivity contribution in [3.05, 3.63) is 53.4 Å². The summed E-state index contributed by atoms with van der Waals surface area (Å²) in [4.78, 5) is 0. The van der Waals surface area contributed by atoms with Gasteiger partial charge < -0.3 is 10.4 Å². The molecule has 0 fully saturated rings. The van der Waals surface area contributed by atoms with Crippen molar-refractivity contribution in [2.45, 2.75) is 13.8 Å². The highest BCUT2D eigenvalue weighted by atomic mass is 16.3. The Morgan fingerprint density at radius 3 is 2.47 bits per heavy atom. The second kappa shape index (κ2) is 4.69. The quantitative estimate of drug-likeness (QED) is 0.584. The number of benzene rings is 1. The maximum atomic E-state index is 9.88. The van der Waals surface area contributed by atoms with Gasteiger partial charge >= 0.3 is 0 Å². The zero-order valence-corrected chi connectivity index (χ0v) is 9.46. The molecular weight excluding hydrogens is 186 g/mol. The van der Waals surface area contributed by atoms with Crippen LogP contribution in [0.25, 0.3) is 5.57 Å². The van der Waals surface area contributed by atoms with E-state index >= 15 is 0 Å². The molecule has 2 heteroatoms. The number of aryl methyl sites for hydroxylation is 1. The SMILES string of the molecule is C=C(/C(O)=C(/C)NC)c1ccccc1C. The first-order chi connectivity index (χ1) is 7.07. The zero-order valence-electron chi connectivity index (χ0n) is 9.46. The average molecular weight is 203 g/mol. The smallest absolute Gasteiger partial charge is 0.141 e. The van der Waals surface area contributed by atoms with Crippen LogP contribution in [0.1, 0.15) is 18.1 Å². The summed E-state index contributed by atoms with van der Waals surface area (Å²) in [5, 5.41) is 12.8. The van der Waals surface area contributed by atoms with Crippen LogP contribution in [-0.2, 0) is 0 Å². The molecule has 0 aromatic heterocycles. The molecule has 0 amide bonds. The van der Waals surface area contributed by atoms with E-state index in [0.29, 0.717) is 5.57 Å². The van der Waals surface area contributed by atoms with E-state index in [1.807, 2.05) is 38.1 Å².